The summed E-state index contributed by atoms with van der Waals surface area (Å²) in [6, 6.07) is 36.8. The Morgan fingerprint density at radius 1 is 0.329 bits per heavy atom. The fourth-order valence-electron chi connectivity index (χ4n) is 9.26. The number of anilines is 1. The molecule has 0 spiro atoms. The molecule has 8 aromatic carbocycles. The van der Waals surface area contributed by atoms with Crippen molar-refractivity contribution in [3.05, 3.63) is 203 Å². The number of alkyl halides is 12. The van der Waals surface area contributed by atoms with Crippen LogP contribution in [0.4, 0.5) is 58.4 Å². The molecule has 16 heteroatoms. The van der Waals surface area contributed by atoms with Crippen LogP contribution in [0.25, 0.3) is 72.0 Å². The zero-order chi connectivity index (χ0) is 49.7. The minimum atomic E-state index is -5.43. The Kier molecular flexibility index (Phi) is 10.6. The number of hydrogen-bond acceptors (Lipinski definition) is 2. The predicted octanol–water partition coefficient (Wildman–Crippen LogP) is 16.3. The predicted molar refractivity (Wildman–Crippen MR) is 240 cm³/mol. The first-order valence-corrected chi connectivity index (χ1v) is 21.0. The number of rotatable bonds is 6. The largest absolute Gasteiger partial charge is 0.417 e. The molecule has 70 heavy (non-hydrogen) atoms. The monoisotopic (exact) mass is 964 g/mol. The molecule has 1 aliphatic rings. The van der Waals surface area contributed by atoms with Gasteiger partial charge in [0.25, 0.3) is 11.8 Å². The number of benzene rings is 8. The SMILES string of the molecule is O=C1c2cccc(-n3c4cccc(-c5ccc(C(F)(F)F)cc5C(F)(F)F)c4c4c(-c5ccc(C(F)(F)F)cc5C(F)(F)F)cccc43)c2C(=O)N1c1ccc(-c2ccccc2)cc1-c1ccccc1. The molecular formula is C54H28F12N2O2. The highest BCUT2D eigenvalue weighted by atomic mass is 19.4. The maximum Gasteiger partial charge on any atom is 0.417 e. The van der Waals surface area contributed by atoms with E-state index in [1.807, 2.05) is 36.4 Å². The van der Waals surface area contributed by atoms with Crippen LogP contribution in [0.3, 0.4) is 0 Å². The Balaban J connectivity index is 1.27. The van der Waals surface area contributed by atoms with E-state index in [0.717, 1.165) is 28.2 Å². The van der Waals surface area contributed by atoms with Gasteiger partial charge in [0.2, 0.25) is 0 Å². The van der Waals surface area contributed by atoms with E-state index in [9.17, 15) is 57.5 Å². The van der Waals surface area contributed by atoms with E-state index in [1.54, 1.807) is 42.5 Å². The number of carbonyl (C=O) groups is 2. The molecule has 0 unspecified atom stereocenters. The lowest BCUT2D eigenvalue weighted by Gasteiger charge is -2.20. The minimum Gasteiger partial charge on any atom is -0.308 e. The average Bonchev–Trinajstić information content (AvgIpc) is 3.80. The molecule has 0 radical (unpaired) electrons. The number of hydrogen-bond donors (Lipinski definition) is 0. The summed E-state index contributed by atoms with van der Waals surface area (Å²) in [5.74, 6) is -1.63. The van der Waals surface area contributed by atoms with Crippen LogP contribution in [-0.2, 0) is 24.7 Å². The van der Waals surface area contributed by atoms with Crippen LogP contribution in [0, 0.1) is 0 Å². The molecule has 0 atom stereocenters. The standard InChI is InChI=1S/C54H28F12N2O2/c55-51(56,57)32-21-23-34(40(27-32)53(61,62)63)36-14-7-17-43-46(36)47-37(35-24-22-33(52(58,59)60)28-41(35)54(64,65)66)15-8-18-44(47)67(43)45-19-9-16-38-48(45)50(70)68(49(38)69)42-25-20-31(29-10-3-1-4-11-29)26-39(42)30-12-5-2-6-13-30/h1-28H. The van der Waals surface area contributed by atoms with Crippen LogP contribution >= 0.6 is 0 Å². The number of fused-ring (bicyclic) bond motifs is 4. The fourth-order valence-corrected chi connectivity index (χ4v) is 9.26. The molecule has 2 amide bonds. The number of imide groups is 1. The van der Waals surface area contributed by atoms with E-state index in [0.29, 0.717) is 35.4 Å². The van der Waals surface area contributed by atoms with Crippen molar-refractivity contribution in [2.45, 2.75) is 24.7 Å². The number of carbonyl (C=O) groups excluding carboxylic acids is 2. The third-order valence-electron chi connectivity index (χ3n) is 12.3. The van der Waals surface area contributed by atoms with Gasteiger partial charge in [-0.05, 0) is 99.6 Å². The molecule has 0 saturated heterocycles. The normalized spacial score (nSPS) is 13.5. The summed E-state index contributed by atoms with van der Waals surface area (Å²) in [6.45, 7) is 0. The third kappa shape index (κ3) is 7.63. The van der Waals surface area contributed by atoms with Crippen molar-refractivity contribution in [2.24, 2.45) is 0 Å². The van der Waals surface area contributed by atoms with Crippen molar-refractivity contribution in [1.82, 2.24) is 4.57 Å². The maximum absolute atomic E-state index is 15.1. The molecule has 0 N–H and O–H groups in total. The van der Waals surface area contributed by atoms with E-state index >= 15 is 4.79 Å². The van der Waals surface area contributed by atoms with Crippen molar-refractivity contribution >= 4 is 39.3 Å². The number of nitrogens with zero attached hydrogens (tertiary/aromatic N) is 2. The highest BCUT2D eigenvalue weighted by Gasteiger charge is 2.43. The highest BCUT2D eigenvalue weighted by Crippen LogP contribution is 2.50. The number of halogens is 12. The van der Waals surface area contributed by atoms with Crippen LogP contribution in [0.5, 0.6) is 0 Å². The van der Waals surface area contributed by atoms with Crippen molar-refractivity contribution in [2.75, 3.05) is 4.90 Å². The second kappa shape index (κ2) is 16.2. The molecule has 9 aromatic rings. The summed E-state index contributed by atoms with van der Waals surface area (Å²) in [7, 11) is 0. The van der Waals surface area contributed by atoms with E-state index in [1.165, 1.54) is 47.0 Å². The maximum atomic E-state index is 15.1. The van der Waals surface area contributed by atoms with E-state index in [-0.39, 0.29) is 56.4 Å². The number of aromatic nitrogens is 1. The molecule has 10 rings (SSSR count). The Morgan fingerprint density at radius 2 is 0.800 bits per heavy atom. The van der Waals surface area contributed by atoms with Gasteiger partial charge in [0.05, 0.1) is 55.8 Å². The average molecular weight is 965 g/mol. The van der Waals surface area contributed by atoms with E-state index in [2.05, 4.69) is 0 Å². The van der Waals surface area contributed by atoms with Crippen LogP contribution in [-0.4, -0.2) is 16.4 Å². The lowest BCUT2D eigenvalue weighted by molar-refractivity contribution is -0.144. The smallest absolute Gasteiger partial charge is 0.308 e. The summed E-state index contributed by atoms with van der Waals surface area (Å²) >= 11 is 0. The molecule has 0 bridgehead atoms. The Labute approximate surface area is 388 Å². The lowest BCUT2D eigenvalue weighted by Crippen LogP contribution is -2.30. The molecule has 0 aliphatic carbocycles. The zero-order valence-corrected chi connectivity index (χ0v) is 35.4. The third-order valence-corrected chi connectivity index (χ3v) is 12.3. The van der Waals surface area contributed by atoms with Gasteiger partial charge in [-0.2, -0.15) is 52.7 Å². The van der Waals surface area contributed by atoms with Gasteiger partial charge in [-0.3, -0.25) is 9.59 Å². The van der Waals surface area contributed by atoms with Gasteiger partial charge in [0, 0.05) is 16.3 Å². The topological polar surface area (TPSA) is 42.3 Å². The van der Waals surface area contributed by atoms with Crippen LogP contribution in [0.1, 0.15) is 43.0 Å². The molecule has 0 fully saturated rings. The fraction of sp³-hybridized carbons (Fsp3) is 0.0741. The van der Waals surface area contributed by atoms with Gasteiger partial charge in [0.1, 0.15) is 0 Å². The first kappa shape index (κ1) is 45.6. The number of amides is 2. The Bertz CT molecular complexity index is 3460. The van der Waals surface area contributed by atoms with E-state index in [4.69, 9.17) is 0 Å². The first-order chi connectivity index (χ1) is 33.1. The first-order valence-electron chi connectivity index (χ1n) is 21.0. The summed E-state index contributed by atoms with van der Waals surface area (Å²) in [5, 5.41) is -0.527. The van der Waals surface area contributed by atoms with E-state index < -0.39 is 81.0 Å². The van der Waals surface area contributed by atoms with Crippen LogP contribution < -0.4 is 4.90 Å². The van der Waals surface area contributed by atoms with Crippen molar-refractivity contribution in [3.8, 4) is 50.2 Å². The lowest BCUT2D eigenvalue weighted by atomic mass is 9.90. The Hall–Kier alpha value is -8.14. The van der Waals surface area contributed by atoms with Gasteiger partial charge >= 0.3 is 24.7 Å². The van der Waals surface area contributed by atoms with Gasteiger partial charge < -0.3 is 4.57 Å². The molecule has 1 aliphatic heterocycles. The minimum absolute atomic E-state index is 0.0678. The van der Waals surface area contributed by atoms with Gasteiger partial charge in [-0.15, -0.1) is 0 Å². The van der Waals surface area contributed by atoms with Crippen LogP contribution in [0.2, 0.25) is 0 Å². The second-order valence-electron chi connectivity index (χ2n) is 16.4. The Morgan fingerprint density at radius 3 is 1.29 bits per heavy atom. The van der Waals surface area contributed by atoms with Crippen molar-refractivity contribution in [1.29, 1.82) is 0 Å². The molecule has 0 saturated carbocycles. The van der Waals surface area contributed by atoms with Gasteiger partial charge in [0.15, 0.2) is 0 Å². The molecule has 4 nitrogen and oxygen atoms in total. The zero-order valence-electron chi connectivity index (χ0n) is 35.4. The summed E-state index contributed by atoms with van der Waals surface area (Å²) in [5.41, 5.74) is -6.94. The highest BCUT2D eigenvalue weighted by molar-refractivity contribution is 6.36. The molecule has 1 aromatic heterocycles. The molecule has 2 heterocycles. The second-order valence-corrected chi connectivity index (χ2v) is 16.4. The molecular weight excluding hydrogens is 937 g/mol. The summed E-state index contributed by atoms with van der Waals surface area (Å²) in [4.78, 5) is 30.7. The van der Waals surface area contributed by atoms with Gasteiger partial charge in [-0.1, -0.05) is 109 Å². The van der Waals surface area contributed by atoms with Crippen LogP contribution in [0.15, 0.2) is 170 Å². The van der Waals surface area contributed by atoms with Crippen molar-refractivity contribution < 1.29 is 62.3 Å². The quantitative estimate of drug-likeness (QED) is 0.123. The summed E-state index contributed by atoms with van der Waals surface area (Å²) in [6.07, 6.45) is -21.3. The molecule has 350 valence electrons. The summed E-state index contributed by atoms with van der Waals surface area (Å²) < 4.78 is 175. The van der Waals surface area contributed by atoms with Crippen molar-refractivity contribution in [3.63, 3.8) is 0 Å². The van der Waals surface area contributed by atoms with Gasteiger partial charge in [-0.25, -0.2) is 4.90 Å².